The van der Waals surface area contributed by atoms with Crippen LogP contribution in [0.2, 0.25) is 0 Å². The molecule has 1 heterocycles. The van der Waals surface area contributed by atoms with Gasteiger partial charge in [-0.1, -0.05) is 66.7 Å². The molecule has 0 unspecified atom stereocenters. The number of nitrogens with one attached hydrogen (secondary N) is 1. The van der Waals surface area contributed by atoms with E-state index in [4.69, 9.17) is 0 Å². The Kier molecular flexibility index (Phi) is 5.61. The van der Waals surface area contributed by atoms with Gasteiger partial charge in [-0.05, 0) is 18.6 Å². The van der Waals surface area contributed by atoms with Gasteiger partial charge in [-0.25, -0.2) is 0 Å². The summed E-state index contributed by atoms with van der Waals surface area (Å²) in [6, 6.07) is 20.9. The molecule has 0 aliphatic rings. The quantitative estimate of drug-likeness (QED) is 0.542. The first kappa shape index (κ1) is 18.3. The van der Waals surface area contributed by atoms with Crippen LogP contribution >= 0.6 is 0 Å². The summed E-state index contributed by atoms with van der Waals surface area (Å²) in [5, 5.41) is 2.85. The third kappa shape index (κ3) is 4.20. The van der Waals surface area contributed by atoms with Gasteiger partial charge in [0.1, 0.15) is 0 Å². The number of ketones is 1. The van der Waals surface area contributed by atoms with Crippen LogP contribution in [0.5, 0.6) is 0 Å². The molecule has 1 aromatic heterocycles. The van der Waals surface area contributed by atoms with Crippen molar-refractivity contribution >= 4 is 11.7 Å². The first-order valence-corrected chi connectivity index (χ1v) is 8.69. The fourth-order valence-corrected chi connectivity index (χ4v) is 2.90. The molecule has 3 rings (SSSR count). The molecule has 0 bridgehead atoms. The highest BCUT2D eigenvalue weighted by Crippen LogP contribution is 2.17. The van der Waals surface area contributed by atoms with Crippen molar-refractivity contribution < 1.29 is 9.59 Å². The fraction of sp³-hybridized carbons (Fsp3) is 0.136. The number of nitrogens with zero attached hydrogens (tertiary/aromatic N) is 1. The number of rotatable bonds is 6. The Bertz CT molecular complexity index is 981. The van der Waals surface area contributed by atoms with Gasteiger partial charge < -0.3 is 5.32 Å². The van der Waals surface area contributed by atoms with E-state index in [-0.39, 0.29) is 6.04 Å². The SMILES string of the molecule is C[C@H](NC(=O)[C@@H](C(=O)c1ccccc1)n1ccccc1=O)c1ccccc1. The largest absolute Gasteiger partial charge is 0.347 e. The van der Waals surface area contributed by atoms with Gasteiger partial charge in [-0.15, -0.1) is 0 Å². The van der Waals surface area contributed by atoms with Crippen LogP contribution in [-0.4, -0.2) is 16.3 Å². The van der Waals surface area contributed by atoms with Crippen molar-refractivity contribution in [1.29, 1.82) is 0 Å². The van der Waals surface area contributed by atoms with Crippen molar-refractivity contribution in [2.24, 2.45) is 0 Å². The molecule has 136 valence electrons. The van der Waals surface area contributed by atoms with Gasteiger partial charge in [0.25, 0.3) is 11.5 Å². The topological polar surface area (TPSA) is 68.2 Å². The molecule has 0 fully saturated rings. The monoisotopic (exact) mass is 360 g/mol. The Balaban J connectivity index is 1.94. The summed E-state index contributed by atoms with van der Waals surface area (Å²) in [6.07, 6.45) is 1.46. The van der Waals surface area contributed by atoms with Gasteiger partial charge in [-0.2, -0.15) is 0 Å². The summed E-state index contributed by atoms with van der Waals surface area (Å²) >= 11 is 0. The number of benzene rings is 2. The predicted octanol–water partition coefficient (Wildman–Crippen LogP) is 3.15. The molecule has 5 heteroatoms. The number of amides is 1. The summed E-state index contributed by atoms with van der Waals surface area (Å²) in [4.78, 5) is 38.3. The molecule has 0 aliphatic carbocycles. The minimum atomic E-state index is -1.27. The highest BCUT2D eigenvalue weighted by molar-refractivity contribution is 6.11. The number of Topliss-reactive ketones (excluding diaryl/α,β-unsaturated/α-hetero) is 1. The normalized spacial score (nSPS) is 12.8. The van der Waals surface area contributed by atoms with Crippen LogP contribution in [0.25, 0.3) is 0 Å². The molecule has 1 amide bonds. The van der Waals surface area contributed by atoms with Gasteiger partial charge >= 0.3 is 0 Å². The second kappa shape index (κ2) is 8.27. The number of aromatic nitrogens is 1. The second-order valence-corrected chi connectivity index (χ2v) is 6.22. The van der Waals surface area contributed by atoms with E-state index in [1.807, 2.05) is 37.3 Å². The highest BCUT2D eigenvalue weighted by atomic mass is 16.2. The molecule has 0 saturated heterocycles. The lowest BCUT2D eigenvalue weighted by atomic mass is 10.0. The number of pyridine rings is 1. The molecule has 0 radical (unpaired) electrons. The maximum Gasteiger partial charge on any atom is 0.251 e. The van der Waals surface area contributed by atoms with Crippen molar-refractivity contribution in [2.45, 2.75) is 19.0 Å². The van der Waals surface area contributed by atoms with Crippen molar-refractivity contribution in [3.05, 3.63) is 107 Å². The summed E-state index contributed by atoms with van der Waals surface area (Å²) < 4.78 is 1.17. The first-order chi connectivity index (χ1) is 13.1. The van der Waals surface area contributed by atoms with Crippen LogP contribution in [-0.2, 0) is 4.79 Å². The van der Waals surface area contributed by atoms with Crippen molar-refractivity contribution in [3.63, 3.8) is 0 Å². The molecule has 0 saturated carbocycles. The zero-order valence-electron chi connectivity index (χ0n) is 14.9. The van der Waals surface area contributed by atoms with Gasteiger partial charge in [0.05, 0.1) is 6.04 Å². The molecular weight excluding hydrogens is 340 g/mol. The maximum absolute atomic E-state index is 13.0. The summed E-state index contributed by atoms with van der Waals surface area (Å²) in [5.41, 5.74) is 0.882. The van der Waals surface area contributed by atoms with E-state index in [9.17, 15) is 14.4 Å². The molecule has 27 heavy (non-hydrogen) atoms. The van der Waals surface area contributed by atoms with E-state index in [1.54, 1.807) is 42.5 Å². The zero-order valence-corrected chi connectivity index (χ0v) is 14.9. The van der Waals surface area contributed by atoms with Crippen LogP contribution in [0, 0.1) is 0 Å². The molecule has 3 aromatic rings. The van der Waals surface area contributed by atoms with Gasteiger partial charge in [0, 0.05) is 17.8 Å². The number of carbonyl (C=O) groups excluding carboxylic acids is 2. The second-order valence-electron chi connectivity index (χ2n) is 6.22. The highest BCUT2D eigenvalue weighted by Gasteiger charge is 2.30. The van der Waals surface area contributed by atoms with Crippen LogP contribution in [0.1, 0.15) is 34.9 Å². The summed E-state index contributed by atoms with van der Waals surface area (Å²) in [6.45, 7) is 1.84. The molecule has 2 atom stereocenters. The first-order valence-electron chi connectivity index (χ1n) is 8.69. The Morgan fingerprint density at radius 3 is 2.07 bits per heavy atom. The van der Waals surface area contributed by atoms with Crippen LogP contribution in [0.15, 0.2) is 89.9 Å². The molecule has 0 aliphatic heterocycles. The van der Waals surface area contributed by atoms with Crippen LogP contribution < -0.4 is 10.9 Å². The van der Waals surface area contributed by atoms with Gasteiger partial charge in [0.15, 0.2) is 11.8 Å². The third-order valence-corrected chi connectivity index (χ3v) is 4.34. The third-order valence-electron chi connectivity index (χ3n) is 4.34. The van der Waals surface area contributed by atoms with Crippen molar-refractivity contribution in [2.75, 3.05) is 0 Å². The Labute approximate surface area is 157 Å². The molecular formula is C22H20N2O3. The molecule has 2 aromatic carbocycles. The summed E-state index contributed by atoms with van der Waals surface area (Å²) in [7, 11) is 0. The summed E-state index contributed by atoms with van der Waals surface area (Å²) in [5.74, 6) is -0.949. The molecule has 5 nitrogen and oxygen atoms in total. The minimum Gasteiger partial charge on any atom is -0.347 e. The fourth-order valence-electron chi connectivity index (χ4n) is 2.90. The van der Waals surface area contributed by atoms with Gasteiger partial charge in [0.2, 0.25) is 0 Å². The Morgan fingerprint density at radius 1 is 0.852 bits per heavy atom. The number of hydrogen-bond donors (Lipinski definition) is 1. The lowest BCUT2D eigenvalue weighted by Gasteiger charge is -2.21. The van der Waals surface area contributed by atoms with E-state index in [0.29, 0.717) is 5.56 Å². The van der Waals surface area contributed by atoms with E-state index in [0.717, 1.165) is 5.56 Å². The lowest BCUT2D eigenvalue weighted by Crippen LogP contribution is -2.42. The average Bonchev–Trinajstić information content (AvgIpc) is 2.71. The van der Waals surface area contributed by atoms with Gasteiger partial charge in [-0.3, -0.25) is 19.0 Å². The van der Waals surface area contributed by atoms with Crippen LogP contribution in [0.3, 0.4) is 0 Å². The maximum atomic E-state index is 13.0. The molecule has 0 spiro atoms. The Hall–Kier alpha value is -3.47. The minimum absolute atomic E-state index is 0.302. The van der Waals surface area contributed by atoms with E-state index < -0.39 is 23.3 Å². The lowest BCUT2D eigenvalue weighted by molar-refractivity contribution is -0.123. The smallest absolute Gasteiger partial charge is 0.251 e. The predicted molar refractivity (Wildman–Crippen MR) is 104 cm³/mol. The average molecular weight is 360 g/mol. The Morgan fingerprint density at radius 2 is 1.44 bits per heavy atom. The van der Waals surface area contributed by atoms with E-state index >= 15 is 0 Å². The molecule has 1 N–H and O–H groups in total. The van der Waals surface area contributed by atoms with Crippen molar-refractivity contribution in [1.82, 2.24) is 9.88 Å². The van der Waals surface area contributed by atoms with Crippen LogP contribution in [0.4, 0.5) is 0 Å². The number of carbonyl (C=O) groups is 2. The van der Waals surface area contributed by atoms with Crippen molar-refractivity contribution in [3.8, 4) is 0 Å². The van der Waals surface area contributed by atoms with E-state index in [2.05, 4.69) is 5.32 Å². The number of hydrogen-bond acceptors (Lipinski definition) is 3. The van der Waals surface area contributed by atoms with E-state index in [1.165, 1.54) is 16.8 Å². The zero-order chi connectivity index (χ0) is 19.2. The standard InChI is InChI=1S/C22H20N2O3/c1-16(17-10-4-2-5-11-17)23-22(27)20(24-15-9-8-14-19(24)25)21(26)18-12-6-3-7-13-18/h2-16,20H,1H3,(H,23,27)/t16-,20+/m0/s1.